The van der Waals surface area contributed by atoms with Crippen LogP contribution in [0.4, 0.5) is 5.69 Å². The van der Waals surface area contributed by atoms with E-state index in [-0.39, 0.29) is 11.4 Å². The minimum atomic E-state index is -3.82. The Morgan fingerprint density at radius 1 is 0.852 bits per heavy atom. The fourth-order valence-corrected chi connectivity index (χ4v) is 4.60. The second kappa shape index (κ2) is 8.08. The number of aliphatic hydroxyl groups is 1. The molecule has 3 rings (SSSR count). The van der Waals surface area contributed by atoms with Crippen LogP contribution in [0, 0.1) is 0 Å². The van der Waals surface area contributed by atoms with E-state index in [4.69, 9.17) is 0 Å². The molecule has 3 aromatic rings. The van der Waals surface area contributed by atoms with Gasteiger partial charge in [0.25, 0.3) is 10.0 Å². The number of benzene rings is 3. The highest BCUT2D eigenvalue weighted by atomic mass is 32.2. The van der Waals surface area contributed by atoms with Gasteiger partial charge in [0.1, 0.15) is 0 Å². The van der Waals surface area contributed by atoms with E-state index in [9.17, 15) is 13.5 Å². The molecule has 27 heavy (non-hydrogen) atoms. The fourth-order valence-electron chi connectivity index (χ4n) is 3.06. The van der Waals surface area contributed by atoms with Gasteiger partial charge < -0.3 is 10.0 Å². The zero-order valence-corrected chi connectivity index (χ0v) is 16.3. The molecule has 0 saturated heterocycles. The van der Waals surface area contributed by atoms with E-state index in [1.54, 1.807) is 36.4 Å². The van der Waals surface area contributed by atoms with E-state index < -0.39 is 16.1 Å². The van der Waals surface area contributed by atoms with Gasteiger partial charge >= 0.3 is 0 Å². The molecule has 6 heteroatoms. The zero-order chi connectivity index (χ0) is 19.4. The molecule has 0 saturated carbocycles. The molecule has 1 atom stereocenters. The number of likely N-dealkylation sites (N-methyl/N-ethyl adjacent to an activating group) is 1. The van der Waals surface area contributed by atoms with Crippen LogP contribution in [0.2, 0.25) is 0 Å². The third-order valence-corrected chi connectivity index (χ3v) is 6.10. The van der Waals surface area contributed by atoms with Gasteiger partial charge in [0.2, 0.25) is 0 Å². The van der Waals surface area contributed by atoms with Gasteiger partial charge in [-0.25, -0.2) is 8.42 Å². The van der Waals surface area contributed by atoms with Crippen molar-refractivity contribution in [3.05, 3.63) is 72.8 Å². The average molecular weight is 385 g/mol. The molecule has 0 aliphatic carbocycles. The van der Waals surface area contributed by atoms with Crippen LogP contribution in [0.5, 0.6) is 0 Å². The first-order chi connectivity index (χ1) is 12.9. The Labute approximate surface area is 160 Å². The Hall–Kier alpha value is -2.41. The maximum Gasteiger partial charge on any atom is 0.264 e. The highest BCUT2D eigenvalue weighted by Crippen LogP contribution is 2.26. The van der Waals surface area contributed by atoms with E-state index in [1.165, 1.54) is 4.31 Å². The van der Waals surface area contributed by atoms with Crippen LogP contribution in [-0.4, -0.2) is 51.7 Å². The van der Waals surface area contributed by atoms with E-state index >= 15 is 0 Å². The molecule has 5 nitrogen and oxygen atoms in total. The summed E-state index contributed by atoms with van der Waals surface area (Å²) in [5.74, 6) is 0. The normalized spacial score (nSPS) is 13.0. The highest BCUT2D eigenvalue weighted by molar-refractivity contribution is 7.92. The SMILES string of the molecule is CN(C)CC(O)CN(c1ccccc1)S(=O)(=O)c1ccc2ccccc2c1. The molecule has 142 valence electrons. The Kier molecular flexibility index (Phi) is 5.79. The summed E-state index contributed by atoms with van der Waals surface area (Å²) >= 11 is 0. The molecule has 1 N–H and O–H groups in total. The zero-order valence-electron chi connectivity index (χ0n) is 15.5. The first-order valence-corrected chi connectivity index (χ1v) is 10.2. The summed E-state index contributed by atoms with van der Waals surface area (Å²) in [4.78, 5) is 2.04. The van der Waals surface area contributed by atoms with Gasteiger partial charge in [0.05, 0.1) is 23.2 Å². The Balaban J connectivity index is 2.03. The van der Waals surface area contributed by atoms with Crippen LogP contribution >= 0.6 is 0 Å². The second-order valence-electron chi connectivity index (χ2n) is 6.80. The topological polar surface area (TPSA) is 60.9 Å². The monoisotopic (exact) mass is 384 g/mol. The van der Waals surface area contributed by atoms with Gasteiger partial charge in [0.15, 0.2) is 0 Å². The summed E-state index contributed by atoms with van der Waals surface area (Å²) in [7, 11) is -0.139. The number of anilines is 1. The van der Waals surface area contributed by atoms with Crippen molar-refractivity contribution >= 4 is 26.5 Å². The fraction of sp³-hybridized carbons (Fsp3) is 0.238. The predicted octanol–water partition coefficient (Wildman–Crippen LogP) is 2.96. The first-order valence-electron chi connectivity index (χ1n) is 8.77. The van der Waals surface area contributed by atoms with Gasteiger partial charge in [-0.3, -0.25) is 4.31 Å². The molecule has 0 radical (unpaired) electrons. The second-order valence-corrected chi connectivity index (χ2v) is 8.66. The number of fused-ring (bicyclic) bond motifs is 1. The van der Waals surface area contributed by atoms with Gasteiger partial charge in [-0.1, -0.05) is 48.5 Å². The molecular weight excluding hydrogens is 360 g/mol. The van der Waals surface area contributed by atoms with Gasteiger partial charge in [-0.2, -0.15) is 0 Å². The Morgan fingerprint density at radius 3 is 2.15 bits per heavy atom. The van der Waals surface area contributed by atoms with Crippen LogP contribution < -0.4 is 4.31 Å². The number of hydrogen-bond donors (Lipinski definition) is 1. The summed E-state index contributed by atoms with van der Waals surface area (Å²) in [5.41, 5.74) is 0.531. The van der Waals surface area contributed by atoms with Crippen LogP contribution in [0.25, 0.3) is 10.8 Å². The average Bonchev–Trinajstić information content (AvgIpc) is 2.65. The van der Waals surface area contributed by atoms with Crippen molar-refractivity contribution in [3.8, 4) is 0 Å². The van der Waals surface area contributed by atoms with Crippen LogP contribution in [0.3, 0.4) is 0 Å². The molecule has 0 aromatic heterocycles. The molecule has 0 aliphatic heterocycles. The van der Waals surface area contributed by atoms with Crippen molar-refractivity contribution in [2.45, 2.75) is 11.0 Å². The lowest BCUT2D eigenvalue weighted by molar-refractivity contribution is 0.145. The first kappa shape index (κ1) is 19.4. The number of para-hydroxylation sites is 1. The van der Waals surface area contributed by atoms with E-state index in [2.05, 4.69) is 0 Å². The van der Waals surface area contributed by atoms with Crippen molar-refractivity contribution in [2.24, 2.45) is 0 Å². The lowest BCUT2D eigenvalue weighted by atomic mass is 10.1. The predicted molar refractivity (Wildman–Crippen MR) is 109 cm³/mol. The third-order valence-electron chi connectivity index (χ3n) is 4.31. The van der Waals surface area contributed by atoms with Crippen molar-refractivity contribution < 1.29 is 13.5 Å². The van der Waals surface area contributed by atoms with Gasteiger partial charge in [-0.05, 0) is 49.1 Å². The summed E-state index contributed by atoms with van der Waals surface area (Å²) in [6.45, 7) is 0.355. The number of rotatable bonds is 7. The Bertz CT molecular complexity index is 1000. The molecule has 0 heterocycles. The van der Waals surface area contributed by atoms with E-state index in [0.29, 0.717) is 12.2 Å². The molecule has 1 unspecified atom stereocenters. The minimum Gasteiger partial charge on any atom is -0.390 e. The lowest BCUT2D eigenvalue weighted by Crippen LogP contribution is -2.41. The minimum absolute atomic E-state index is 0.0165. The van der Waals surface area contributed by atoms with Crippen molar-refractivity contribution in [1.82, 2.24) is 4.90 Å². The Morgan fingerprint density at radius 2 is 1.48 bits per heavy atom. The smallest absolute Gasteiger partial charge is 0.264 e. The molecule has 0 fully saturated rings. The van der Waals surface area contributed by atoms with Crippen molar-refractivity contribution in [3.63, 3.8) is 0 Å². The van der Waals surface area contributed by atoms with Gasteiger partial charge in [-0.15, -0.1) is 0 Å². The summed E-state index contributed by atoms with van der Waals surface area (Å²) in [6.07, 6.45) is -0.810. The van der Waals surface area contributed by atoms with Crippen LogP contribution in [-0.2, 0) is 10.0 Å². The quantitative estimate of drug-likeness (QED) is 0.680. The lowest BCUT2D eigenvalue weighted by Gasteiger charge is -2.28. The summed E-state index contributed by atoms with van der Waals surface area (Å²) in [6, 6.07) is 21.6. The van der Waals surface area contributed by atoms with Crippen LogP contribution in [0.1, 0.15) is 0 Å². The maximum absolute atomic E-state index is 13.4. The molecule has 3 aromatic carbocycles. The number of hydrogen-bond acceptors (Lipinski definition) is 4. The number of sulfonamides is 1. The molecular formula is C21H24N2O3S. The van der Waals surface area contributed by atoms with Gasteiger partial charge in [0, 0.05) is 6.54 Å². The van der Waals surface area contributed by atoms with E-state index in [0.717, 1.165) is 10.8 Å². The molecule has 0 amide bonds. The number of aliphatic hydroxyl groups excluding tert-OH is 1. The summed E-state index contributed by atoms with van der Waals surface area (Å²) < 4.78 is 28.1. The number of nitrogens with zero attached hydrogens (tertiary/aromatic N) is 2. The maximum atomic E-state index is 13.4. The molecule has 0 aliphatic rings. The molecule has 0 bridgehead atoms. The standard InChI is InChI=1S/C21H24N2O3S/c1-22(2)15-20(24)16-23(19-10-4-3-5-11-19)27(25,26)21-13-12-17-8-6-7-9-18(17)14-21/h3-14,20,24H,15-16H2,1-2H3. The van der Waals surface area contributed by atoms with Crippen molar-refractivity contribution in [1.29, 1.82) is 0 Å². The highest BCUT2D eigenvalue weighted by Gasteiger charge is 2.27. The van der Waals surface area contributed by atoms with E-state index in [1.807, 2.05) is 55.4 Å². The third kappa shape index (κ3) is 4.47. The van der Waals surface area contributed by atoms with Crippen LogP contribution in [0.15, 0.2) is 77.7 Å². The van der Waals surface area contributed by atoms with Crippen molar-refractivity contribution in [2.75, 3.05) is 31.5 Å². The summed E-state index contributed by atoms with van der Waals surface area (Å²) in [5, 5.41) is 12.2. The molecule has 0 spiro atoms. The largest absolute Gasteiger partial charge is 0.390 e.